The minimum atomic E-state index is -0.155. The summed E-state index contributed by atoms with van der Waals surface area (Å²) in [6.45, 7) is 6.69. The standard InChI is InChI=1S/C22H23ClN4O2/c1-14-13-27(7-8-29-14)21-6-3-16(11-24-21)12-25-22(28)19-9-17-4-5-18(23)10-20(17)26-15(19)2/h3-6,9-11,14H,7-8,12-13H2,1-2H3,(H,25,28)/t14-/m1/s1. The van der Waals surface area contributed by atoms with Gasteiger partial charge >= 0.3 is 0 Å². The minimum Gasteiger partial charge on any atom is -0.375 e. The number of morpholine rings is 1. The molecule has 29 heavy (non-hydrogen) atoms. The van der Waals surface area contributed by atoms with Crippen LogP contribution in [0.5, 0.6) is 0 Å². The Kier molecular flexibility index (Phi) is 5.65. The Hall–Kier alpha value is -2.70. The van der Waals surface area contributed by atoms with Crippen molar-refractivity contribution in [3.63, 3.8) is 0 Å². The van der Waals surface area contributed by atoms with Crippen LogP contribution >= 0.6 is 11.6 Å². The number of aryl methyl sites for hydroxylation is 1. The Balaban J connectivity index is 1.42. The van der Waals surface area contributed by atoms with Crippen LogP contribution in [0.1, 0.15) is 28.5 Å². The van der Waals surface area contributed by atoms with Gasteiger partial charge < -0.3 is 15.0 Å². The second-order valence-electron chi connectivity index (χ2n) is 7.29. The number of nitrogens with zero attached hydrogens (tertiary/aromatic N) is 3. The van der Waals surface area contributed by atoms with E-state index in [2.05, 4.69) is 27.1 Å². The summed E-state index contributed by atoms with van der Waals surface area (Å²) in [5.41, 5.74) is 2.96. The molecule has 1 amide bonds. The first-order chi connectivity index (χ1) is 14.0. The molecule has 6 nitrogen and oxygen atoms in total. The Morgan fingerprint density at radius 3 is 2.93 bits per heavy atom. The number of anilines is 1. The molecule has 0 bridgehead atoms. The summed E-state index contributed by atoms with van der Waals surface area (Å²) >= 11 is 6.02. The van der Waals surface area contributed by atoms with Crippen molar-refractivity contribution >= 4 is 34.2 Å². The predicted octanol–water partition coefficient (Wildman–Crippen LogP) is 3.75. The number of pyridine rings is 2. The molecule has 150 valence electrons. The molecular weight excluding hydrogens is 388 g/mol. The van der Waals surface area contributed by atoms with Crippen molar-refractivity contribution < 1.29 is 9.53 Å². The molecule has 1 aromatic carbocycles. The van der Waals surface area contributed by atoms with E-state index < -0.39 is 0 Å². The van der Waals surface area contributed by atoms with E-state index in [4.69, 9.17) is 16.3 Å². The lowest BCUT2D eigenvalue weighted by Gasteiger charge is -2.32. The second-order valence-corrected chi connectivity index (χ2v) is 7.73. The number of aromatic nitrogens is 2. The summed E-state index contributed by atoms with van der Waals surface area (Å²) in [7, 11) is 0. The van der Waals surface area contributed by atoms with Gasteiger partial charge in [-0.1, -0.05) is 23.7 Å². The van der Waals surface area contributed by atoms with Gasteiger partial charge in [-0.15, -0.1) is 0 Å². The molecule has 1 aliphatic heterocycles. The van der Waals surface area contributed by atoms with Crippen LogP contribution in [0.25, 0.3) is 10.9 Å². The van der Waals surface area contributed by atoms with Gasteiger partial charge in [-0.25, -0.2) is 4.98 Å². The molecule has 2 aromatic heterocycles. The highest BCUT2D eigenvalue weighted by molar-refractivity contribution is 6.31. The van der Waals surface area contributed by atoms with Crippen LogP contribution in [0.4, 0.5) is 5.82 Å². The molecule has 0 aliphatic carbocycles. The third kappa shape index (κ3) is 4.49. The van der Waals surface area contributed by atoms with Gasteiger partial charge in [-0.3, -0.25) is 9.78 Å². The normalized spacial score (nSPS) is 16.8. The Labute approximate surface area is 174 Å². The van der Waals surface area contributed by atoms with Gasteiger partial charge in [0, 0.05) is 36.2 Å². The number of hydrogen-bond donors (Lipinski definition) is 1. The first-order valence-corrected chi connectivity index (χ1v) is 10.0. The smallest absolute Gasteiger partial charge is 0.253 e. The van der Waals surface area contributed by atoms with E-state index in [-0.39, 0.29) is 12.0 Å². The fourth-order valence-electron chi connectivity index (χ4n) is 3.48. The van der Waals surface area contributed by atoms with Crippen molar-refractivity contribution in [1.29, 1.82) is 0 Å². The molecule has 7 heteroatoms. The Bertz CT molecular complexity index is 1040. The SMILES string of the molecule is Cc1nc2cc(Cl)ccc2cc1C(=O)NCc1ccc(N2CCO[C@H](C)C2)nc1. The van der Waals surface area contributed by atoms with Crippen molar-refractivity contribution in [2.45, 2.75) is 26.5 Å². The van der Waals surface area contributed by atoms with Crippen LogP contribution in [0.2, 0.25) is 5.02 Å². The van der Waals surface area contributed by atoms with Gasteiger partial charge in [0.25, 0.3) is 5.91 Å². The van der Waals surface area contributed by atoms with Gasteiger partial charge in [0.2, 0.25) is 0 Å². The van der Waals surface area contributed by atoms with Gasteiger partial charge in [-0.2, -0.15) is 0 Å². The molecule has 1 atom stereocenters. The monoisotopic (exact) mass is 410 g/mol. The van der Waals surface area contributed by atoms with E-state index in [1.165, 1.54) is 0 Å². The molecule has 0 radical (unpaired) electrons. The fraction of sp³-hybridized carbons (Fsp3) is 0.318. The molecule has 3 aromatic rings. The van der Waals surface area contributed by atoms with Gasteiger partial charge in [-0.05, 0) is 43.7 Å². The van der Waals surface area contributed by atoms with E-state index >= 15 is 0 Å². The van der Waals surface area contributed by atoms with Crippen molar-refractivity contribution in [3.8, 4) is 0 Å². The van der Waals surface area contributed by atoms with Crippen LogP contribution in [0.3, 0.4) is 0 Å². The highest BCUT2D eigenvalue weighted by Gasteiger charge is 2.18. The van der Waals surface area contributed by atoms with Crippen LogP contribution in [-0.2, 0) is 11.3 Å². The summed E-state index contributed by atoms with van der Waals surface area (Å²) in [4.78, 5) is 24.0. The average Bonchev–Trinajstić information content (AvgIpc) is 2.72. The number of fused-ring (bicyclic) bond motifs is 1. The first kappa shape index (κ1) is 19.6. The summed E-state index contributed by atoms with van der Waals surface area (Å²) in [6.07, 6.45) is 2.02. The Morgan fingerprint density at radius 1 is 1.31 bits per heavy atom. The maximum absolute atomic E-state index is 12.7. The quantitative estimate of drug-likeness (QED) is 0.709. The number of amides is 1. The van der Waals surface area contributed by atoms with E-state index in [1.807, 2.05) is 37.4 Å². The minimum absolute atomic E-state index is 0.155. The molecule has 1 aliphatic rings. The van der Waals surface area contributed by atoms with Crippen LogP contribution in [0.15, 0.2) is 42.6 Å². The number of nitrogens with one attached hydrogen (secondary N) is 1. The summed E-state index contributed by atoms with van der Waals surface area (Å²) in [5, 5.41) is 4.47. The third-order valence-electron chi connectivity index (χ3n) is 5.04. The Morgan fingerprint density at radius 2 is 2.17 bits per heavy atom. The van der Waals surface area contributed by atoms with Gasteiger partial charge in [0.15, 0.2) is 0 Å². The zero-order valence-electron chi connectivity index (χ0n) is 16.5. The number of halogens is 1. The van der Waals surface area contributed by atoms with E-state index in [0.717, 1.165) is 35.4 Å². The first-order valence-electron chi connectivity index (χ1n) is 9.66. The molecule has 4 rings (SSSR count). The third-order valence-corrected chi connectivity index (χ3v) is 5.28. The number of rotatable bonds is 4. The highest BCUT2D eigenvalue weighted by Crippen LogP contribution is 2.21. The highest BCUT2D eigenvalue weighted by atomic mass is 35.5. The zero-order valence-corrected chi connectivity index (χ0v) is 17.2. The molecular formula is C22H23ClN4O2. The fourth-order valence-corrected chi connectivity index (χ4v) is 3.65. The van der Waals surface area contributed by atoms with Crippen molar-refractivity contribution in [2.75, 3.05) is 24.6 Å². The topological polar surface area (TPSA) is 67.4 Å². The molecule has 0 unspecified atom stereocenters. The maximum atomic E-state index is 12.7. The second kappa shape index (κ2) is 8.35. The lowest BCUT2D eigenvalue weighted by molar-refractivity contribution is 0.0529. The average molecular weight is 411 g/mol. The number of carbonyl (C=O) groups is 1. The van der Waals surface area contributed by atoms with Gasteiger partial charge in [0.1, 0.15) is 5.82 Å². The maximum Gasteiger partial charge on any atom is 0.253 e. The number of ether oxygens (including phenoxy) is 1. The lowest BCUT2D eigenvalue weighted by atomic mass is 10.1. The van der Waals surface area contributed by atoms with E-state index in [0.29, 0.717) is 29.4 Å². The predicted molar refractivity (Wildman–Crippen MR) is 115 cm³/mol. The largest absolute Gasteiger partial charge is 0.375 e. The van der Waals surface area contributed by atoms with Crippen LogP contribution in [-0.4, -0.2) is 41.7 Å². The van der Waals surface area contributed by atoms with Crippen LogP contribution in [0, 0.1) is 6.92 Å². The van der Waals surface area contributed by atoms with E-state index in [9.17, 15) is 4.79 Å². The van der Waals surface area contributed by atoms with Crippen molar-refractivity contribution in [3.05, 3.63) is 64.4 Å². The number of carbonyl (C=O) groups excluding carboxylic acids is 1. The van der Waals surface area contributed by atoms with Crippen LogP contribution < -0.4 is 10.2 Å². The molecule has 1 saturated heterocycles. The van der Waals surface area contributed by atoms with Gasteiger partial charge in [0.05, 0.1) is 29.5 Å². The summed E-state index contributed by atoms with van der Waals surface area (Å²) < 4.78 is 5.57. The molecule has 0 spiro atoms. The van der Waals surface area contributed by atoms with Crippen molar-refractivity contribution in [1.82, 2.24) is 15.3 Å². The number of hydrogen-bond acceptors (Lipinski definition) is 5. The lowest BCUT2D eigenvalue weighted by Crippen LogP contribution is -2.41. The van der Waals surface area contributed by atoms with E-state index in [1.54, 1.807) is 12.1 Å². The molecule has 1 N–H and O–H groups in total. The number of benzene rings is 1. The zero-order chi connectivity index (χ0) is 20.4. The molecule has 1 fully saturated rings. The summed E-state index contributed by atoms with van der Waals surface area (Å²) in [6, 6.07) is 11.3. The molecule has 0 saturated carbocycles. The summed E-state index contributed by atoms with van der Waals surface area (Å²) in [5.74, 6) is 0.779. The molecule has 3 heterocycles. The van der Waals surface area contributed by atoms with Crippen molar-refractivity contribution in [2.24, 2.45) is 0 Å².